The summed E-state index contributed by atoms with van der Waals surface area (Å²) in [6.45, 7) is 1.83. The van der Waals surface area contributed by atoms with E-state index in [9.17, 15) is 4.79 Å². The number of hydrogen-bond donors (Lipinski definition) is 2. The van der Waals surface area contributed by atoms with Gasteiger partial charge in [0.05, 0.1) is 17.7 Å². The third kappa shape index (κ3) is 4.16. The number of rotatable bonds is 5. The molecule has 0 aliphatic rings. The van der Waals surface area contributed by atoms with E-state index in [4.69, 9.17) is 34.3 Å². The molecule has 18 heavy (non-hydrogen) atoms. The Labute approximate surface area is 116 Å². The summed E-state index contributed by atoms with van der Waals surface area (Å²) in [7, 11) is 1.49. The van der Waals surface area contributed by atoms with Crippen molar-refractivity contribution >= 4 is 34.7 Å². The molecule has 0 fully saturated rings. The minimum atomic E-state index is -0.243. The summed E-state index contributed by atoms with van der Waals surface area (Å²) in [5, 5.41) is 3.31. The summed E-state index contributed by atoms with van der Waals surface area (Å²) in [6, 6.07) is 4.71. The van der Waals surface area contributed by atoms with Gasteiger partial charge in [0.15, 0.2) is 0 Å². The quantitative estimate of drug-likeness (QED) is 0.814. The second-order valence-electron chi connectivity index (χ2n) is 3.89. The molecular formula is C12H15ClN2O2S. The number of amides is 1. The monoisotopic (exact) mass is 286 g/mol. The zero-order valence-corrected chi connectivity index (χ0v) is 11.8. The van der Waals surface area contributed by atoms with Crippen molar-refractivity contribution in [2.45, 2.75) is 19.4 Å². The number of ether oxygens (including phenoxy) is 1. The average Bonchev–Trinajstić information content (AvgIpc) is 2.27. The van der Waals surface area contributed by atoms with E-state index in [1.165, 1.54) is 7.11 Å². The van der Waals surface area contributed by atoms with Crippen LogP contribution < -0.4 is 15.8 Å². The number of benzene rings is 1. The highest BCUT2D eigenvalue weighted by Crippen LogP contribution is 2.23. The molecule has 1 rings (SSSR count). The second-order valence-corrected chi connectivity index (χ2v) is 4.85. The Bertz CT molecular complexity index is 465. The minimum absolute atomic E-state index is 0.129. The molecular weight excluding hydrogens is 272 g/mol. The molecule has 0 aromatic heterocycles. The van der Waals surface area contributed by atoms with Crippen molar-refractivity contribution in [3.8, 4) is 5.75 Å². The van der Waals surface area contributed by atoms with Gasteiger partial charge in [-0.05, 0) is 25.1 Å². The van der Waals surface area contributed by atoms with Crippen LogP contribution in [0.25, 0.3) is 0 Å². The fourth-order valence-electron chi connectivity index (χ4n) is 1.51. The van der Waals surface area contributed by atoms with Gasteiger partial charge in [0.2, 0.25) is 0 Å². The van der Waals surface area contributed by atoms with Crippen LogP contribution in [-0.2, 0) is 0 Å². The van der Waals surface area contributed by atoms with Crippen LogP contribution in [0.15, 0.2) is 18.2 Å². The molecule has 0 saturated carbocycles. The molecule has 1 aromatic rings. The van der Waals surface area contributed by atoms with Gasteiger partial charge < -0.3 is 15.8 Å². The van der Waals surface area contributed by atoms with E-state index in [1.807, 2.05) is 6.92 Å². The number of halogens is 1. The maximum atomic E-state index is 12.0. The number of nitrogens with two attached hydrogens (primary N) is 1. The van der Waals surface area contributed by atoms with Gasteiger partial charge in [-0.2, -0.15) is 0 Å². The van der Waals surface area contributed by atoms with Gasteiger partial charge in [0.1, 0.15) is 5.75 Å². The highest BCUT2D eigenvalue weighted by Gasteiger charge is 2.15. The summed E-state index contributed by atoms with van der Waals surface area (Å²) in [4.78, 5) is 12.4. The SMILES string of the molecule is COc1cc(Cl)ccc1C(=O)NC(C)CC(N)=S. The molecule has 6 heteroatoms. The molecule has 0 bridgehead atoms. The topological polar surface area (TPSA) is 64.3 Å². The van der Waals surface area contributed by atoms with Crippen LogP contribution in [0.1, 0.15) is 23.7 Å². The molecule has 1 unspecified atom stereocenters. The Balaban J connectivity index is 2.81. The smallest absolute Gasteiger partial charge is 0.255 e. The predicted molar refractivity (Wildman–Crippen MR) is 76.3 cm³/mol. The van der Waals surface area contributed by atoms with Gasteiger partial charge >= 0.3 is 0 Å². The van der Waals surface area contributed by atoms with Crippen molar-refractivity contribution in [1.82, 2.24) is 5.32 Å². The number of nitrogens with one attached hydrogen (secondary N) is 1. The number of thiocarbonyl (C=S) groups is 1. The molecule has 1 amide bonds. The van der Waals surface area contributed by atoms with E-state index >= 15 is 0 Å². The molecule has 98 valence electrons. The van der Waals surface area contributed by atoms with Crippen LogP contribution >= 0.6 is 23.8 Å². The molecule has 0 saturated heterocycles. The second kappa shape index (κ2) is 6.56. The molecule has 1 atom stereocenters. The lowest BCUT2D eigenvalue weighted by atomic mass is 10.1. The molecule has 1 aromatic carbocycles. The van der Waals surface area contributed by atoms with Crippen molar-refractivity contribution in [3.05, 3.63) is 28.8 Å². The molecule has 0 spiro atoms. The van der Waals surface area contributed by atoms with Gasteiger partial charge in [0.25, 0.3) is 5.91 Å². The molecule has 0 aliphatic carbocycles. The molecule has 0 heterocycles. The van der Waals surface area contributed by atoms with Gasteiger partial charge in [-0.3, -0.25) is 4.79 Å². The summed E-state index contributed by atoms with van der Waals surface area (Å²) in [5.41, 5.74) is 5.85. The van der Waals surface area contributed by atoms with Crippen LogP contribution in [0.4, 0.5) is 0 Å². The average molecular weight is 287 g/mol. The van der Waals surface area contributed by atoms with E-state index in [-0.39, 0.29) is 11.9 Å². The Morgan fingerprint density at radius 1 is 1.61 bits per heavy atom. The zero-order valence-electron chi connectivity index (χ0n) is 10.2. The largest absolute Gasteiger partial charge is 0.496 e. The van der Waals surface area contributed by atoms with Crippen molar-refractivity contribution < 1.29 is 9.53 Å². The van der Waals surface area contributed by atoms with E-state index in [1.54, 1.807) is 18.2 Å². The first-order valence-corrected chi connectivity index (χ1v) is 6.15. The Morgan fingerprint density at radius 3 is 2.83 bits per heavy atom. The highest BCUT2D eigenvalue weighted by atomic mass is 35.5. The lowest BCUT2D eigenvalue weighted by Crippen LogP contribution is -2.35. The third-order valence-electron chi connectivity index (χ3n) is 2.29. The van der Waals surface area contributed by atoms with Gasteiger partial charge in [-0.1, -0.05) is 23.8 Å². The standard InChI is InChI=1S/C12H15ClN2O2S/c1-7(5-11(14)18)15-12(16)9-4-3-8(13)6-10(9)17-2/h3-4,6-7H,5H2,1-2H3,(H2,14,18)(H,15,16). The number of carbonyl (C=O) groups is 1. The van der Waals surface area contributed by atoms with E-state index in [0.717, 1.165) is 0 Å². The van der Waals surface area contributed by atoms with Crippen LogP contribution in [0.5, 0.6) is 5.75 Å². The summed E-state index contributed by atoms with van der Waals surface area (Å²) in [6.07, 6.45) is 0.455. The first-order valence-electron chi connectivity index (χ1n) is 5.36. The number of hydrogen-bond acceptors (Lipinski definition) is 3. The van der Waals surface area contributed by atoms with E-state index < -0.39 is 0 Å². The Hall–Kier alpha value is -1.33. The van der Waals surface area contributed by atoms with Crippen molar-refractivity contribution in [2.75, 3.05) is 7.11 Å². The van der Waals surface area contributed by atoms with E-state index in [2.05, 4.69) is 5.32 Å². The first-order chi connectivity index (χ1) is 8.43. The number of carbonyl (C=O) groups excluding carboxylic acids is 1. The van der Waals surface area contributed by atoms with Gasteiger partial charge in [0, 0.05) is 17.5 Å². The maximum absolute atomic E-state index is 12.0. The molecule has 3 N–H and O–H groups in total. The van der Waals surface area contributed by atoms with Crippen LogP contribution in [0.2, 0.25) is 5.02 Å². The fraction of sp³-hybridized carbons (Fsp3) is 0.333. The lowest BCUT2D eigenvalue weighted by Gasteiger charge is -2.14. The first kappa shape index (κ1) is 14.7. The van der Waals surface area contributed by atoms with E-state index in [0.29, 0.717) is 27.7 Å². The third-order valence-corrected chi connectivity index (χ3v) is 2.69. The fourth-order valence-corrected chi connectivity index (χ4v) is 1.92. The van der Waals surface area contributed by atoms with Crippen LogP contribution in [0, 0.1) is 0 Å². The summed E-state index contributed by atoms with van der Waals surface area (Å²) in [5.74, 6) is 0.190. The molecule has 0 radical (unpaired) electrons. The Kier molecular flexibility index (Phi) is 5.37. The van der Waals surface area contributed by atoms with Crippen molar-refractivity contribution in [3.63, 3.8) is 0 Å². The van der Waals surface area contributed by atoms with Crippen molar-refractivity contribution in [2.24, 2.45) is 5.73 Å². The summed E-state index contributed by atoms with van der Waals surface area (Å²) >= 11 is 10.6. The van der Waals surface area contributed by atoms with Gasteiger partial charge in [-0.25, -0.2) is 0 Å². The van der Waals surface area contributed by atoms with Crippen molar-refractivity contribution in [1.29, 1.82) is 0 Å². The van der Waals surface area contributed by atoms with Crippen LogP contribution in [-0.4, -0.2) is 24.0 Å². The number of methoxy groups -OCH3 is 1. The maximum Gasteiger partial charge on any atom is 0.255 e. The van der Waals surface area contributed by atoms with Crippen LogP contribution in [0.3, 0.4) is 0 Å². The van der Waals surface area contributed by atoms with Gasteiger partial charge in [-0.15, -0.1) is 0 Å². The minimum Gasteiger partial charge on any atom is -0.496 e. The zero-order chi connectivity index (χ0) is 13.7. The molecule has 4 nitrogen and oxygen atoms in total. The normalized spacial score (nSPS) is 11.7. The molecule has 0 aliphatic heterocycles. The predicted octanol–water partition coefficient (Wildman–Crippen LogP) is 2.14. The highest BCUT2D eigenvalue weighted by molar-refractivity contribution is 7.80. The summed E-state index contributed by atoms with van der Waals surface area (Å²) < 4.78 is 5.11. The Morgan fingerprint density at radius 2 is 2.28 bits per heavy atom. The lowest BCUT2D eigenvalue weighted by molar-refractivity contribution is 0.0938.